The molecule has 0 aliphatic heterocycles. The summed E-state index contributed by atoms with van der Waals surface area (Å²) in [5, 5.41) is 13.8. The summed E-state index contributed by atoms with van der Waals surface area (Å²) in [6, 6.07) is 0. The summed E-state index contributed by atoms with van der Waals surface area (Å²) >= 11 is 1.87. The summed E-state index contributed by atoms with van der Waals surface area (Å²) in [5.41, 5.74) is 1.33. The summed E-state index contributed by atoms with van der Waals surface area (Å²) in [4.78, 5) is 13.3. The van der Waals surface area contributed by atoms with Crippen LogP contribution in [0.15, 0.2) is 4.99 Å². The van der Waals surface area contributed by atoms with E-state index in [1.165, 1.54) is 34.8 Å². The molecule has 0 saturated heterocycles. The Balaban J connectivity index is 0.00000338. The first-order valence-electron chi connectivity index (χ1n) is 9.75. The third-order valence-electron chi connectivity index (χ3n) is 4.69. The number of hydrogen-bond acceptors (Lipinski definition) is 4. The lowest BCUT2D eigenvalue weighted by Crippen LogP contribution is -2.38. The van der Waals surface area contributed by atoms with Crippen LogP contribution in [0.25, 0.3) is 0 Å². The smallest absolute Gasteiger partial charge is 0.194 e. The van der Waals surface area contributed by atoms with Gasteiger partial charge in [-0.1, -0.05) is 13.3 Å². The highest BCUT2D eigenvalue weighted by molar-refractivity contribution is 14.0. The van der Waals surface area contributed by atoms with Gasteiger partial charge in [-0.25, -0.2) is 4.98 Å². The van der Waals surface area contributed by atoms with Crippen LogP contribution in [-0.4, -0.2) is 47.7 Å². The number of halogens is 1. The van der Waals surface area contributed by atoms with Crippen molar-refractivity contribution < 1.29 is 5.11 Å². The van der Waals surface area contributed by atoms with Crippen molar-refractivity contribution in [3.63, 3.8) is 0 Å². The summed E-state index contributed by atoms with van der Waals surface area (Å²) in [5.74, 6) is 1.40. The minimum atomic E-state index is 0. The Morgan fingerprint density at radius 2 is 2.08 bits per heavy atom. The molecular weight excluding hydrogens is 459 g/mol. The van der Waals surface area contributed by atoms with Crippen LogP contribution in [-0.2, 0) is 19.4 Å². The molecule has 2 N–H and O–H groups in total. The van der Waals surface area contributed by atoms with Crippen LogP contribution in [0.5, 0.6) is 0 Å². The van der Waals surface area contributed by atoms with Crippen LogP contribution in [0.3, 0.4) is 0 Å². The number of hydrogen-bond donors (Lipinski definition) is 2. The molecule has 26 heavy (non-hydrogen) atoms. The van der Waals surface area contributed by atoms with Crippen molar-refractivity contribution in [2.75, 3.05) is 26.7 Å². The van der Waals surface area contributed by atoms with Crippen LogP contribution in [0, 0.1) is 5.92 Å². The summed E-state index contributed by atoms with van der Waals surface area (Å²) < 4.78 is 0. The van der Waals surface area contributed by atoms with Crippen molar-refractivity contribution in [3.05, 3.63) is 15.6 Å². The predicted octanol–water partition coefficient (Wildman–Crippen LogP) is 3.84. The zero-order valence-electron chi connectivity index (χ0n) is 16.5. The molecule has 0 radical (unpaired) electrons. The highest BCUT2D eigenvalue weighted by Crippen LogP contribution is 2.27. The van der Waals surface area contributed by atoms with Gasteiger partial charge in [0.25, 0.3) is 0 Å². The predicted molar refractivity (Wildman–Crippen MR) is 122 cm³/mol. The number of aliphatic imine (C=N–C) groups is 1. The van der Waals surface area contributed by atoms with Crippen LogP contribution >= 0.6 is 35.3 Å². The lowest BCUT2D eigenvalue weighted by atomic mass is 10.0. The maximum atomic E-state index is 9.23. The molecule has 1 atom stereocenters. The van der Waals surface area contributed by atoms with Crippen molar-refractivity contribution in [2.24, 2.45) is 10.9 Å². The van der Waals surface area contributed by atoms with Gasteiger partial charge >= 0.3 is 0 Å². The van der Waals surface area contributed by atoms with E-state index in [1.54, 1.807) is 0 Å². The van der Waals surface area contributed by atoms with Gasteiger partial charge in [-0.05, 0) is 51.4 Å². The Labute approximate surface area is 179 Å². The number of fused-ring (bicyclic) bond motifs is 1. The summed E-state index contributed by atoms with van der Waals surface area (Å²) in [6.07, 6.45) is 8.01. The molecule has 2 rings (SSSR count). The van der Waals surface area contributed by atoms with Gasteiger partial charge in [0.15, 0.2) is 5.96 Å². The van der Waals surface area contributed by atoms with E-state index in [0.29, 0.717) is 5.92 Å². The number of rotatable bonds is 9. The number of aliphatic hydroxyl groups is 1. The Morgan fingerprint density at radius 1 is 1.31 bits per heavy atom. The topological polar surface area (TPSA) is 60.8 Å². The van der Waals surface area contributed by atoms with Crippen LogP contribution < -0.4 is 5.32 Å². The molecule has 0 amide bonds. The molecule has 5 nitrogen and oxygen atoms in total. The SMILES string of the molecule is CCCC(CCO)CN=C(NCC)N(C)Cc1nc2c(s1)CCCC2.I. The Bertz CT molecular complexity index is 520. The second-order valence-corrected chi connectivity index (χ2v) is 8.07. The van der Waals surface area contributed by atoms with Crippen molar-refractivity contribution in [1.82, 2.24) is 15.2 Å². The van der Waals surface area contributed by atoms with Gasteiger partial charge in [0.1, 0.15) is 5.01 Å². The van der Waals surface area contributed by atoms with Gasteiger partial charge in [0.05, 0.1) is 12.2 Å². The normalized spacial score (nSPS) is 15.2. The number of aromatic nitrogens is 1. The lowest BCUT2D eigenvalue weighted by Gasteiger charge is -2.22. The van der Waals surface area contributed by atoms with E-state index in [1.807, 2.05) is 11.3 Å². The van der Waals surface area contributed by atoms with E-state index in [9.17, 15) is 5.11 Å². The van der Waals surface area contributed by atoms with Gasteiger partial charge < -0.3 is 15.3 Å². The van der Waals surface area contributed by atoms with E-state index < -0.39 is 0 Å². The lowest BCUT2D eigenvalue weighted by molar-refractivity contribution is 0.253. The van der Waals surface area contributed by atoms with Gasteiger partial charge in [-0.3, -0.25) is 4.99 Å². The van der Waals surface area contributed by atoms with Gasteiger partial charge in [0, 0.05) is 31.6 Å². The quantitative estimate of drug-likeness (QED) is 0.311. The molecule has 7 heteroatoms. The van der Waals surface area contributed by atoms with Gasteiger partial charge in [0.2, 0.25) is 0 Å². The zero-order chi connectivity index (χ0) is 18.1. The van der Waals surface area contributed by atoms with E-state index in [4.69, 9.17) is 9.98 Å². The minimum absolute atomic E-state index is 0. The molecule has 1 aromatic rings. The molecule has 0 spiro atoms. The summed E-state index contributed by atoms with van der Waals surface area (Å²) in [7, 11) is 2.09. The van der Waals surface area contributed by atoms with Crippen LogP contribution in [0.2, 0.25) is 0 Å². The molecule has 1 aliphatic carbocycles. The van der Waals surface area contributed by atoms with E-state index in [-0.39, 0.29) is 30.6 Å². The molecule has 0 aromatic carbocycles. The molecule has 1 aliphatic rings. The fourth-order valence-corrected chi connectivity index (χ4v) is 4.56. The zero-order valence-corrected chi connectivity index (χ0v) is 19.6. The first kappa shape index (κ1) is 23.6. The number of guanidine groups is 1. The van der Waals surface area contributed by atoms with Crippen LogP contribution in [0.4, 0.5) is 0 Å². The largest absolute Gasteiger partial charge is 0.396 e. The first-order valence-corrected chi connectivity index (χ1v) is 10.6. The molecule has 0 saturated carbocycles. The van der Waals surface area contributed by atoms with E-state index >= 15 is 0 Å². The van der Waals surface area contributed by atoms with Crippen molar-refractivity contribution in [3.8, 4) is 0 Å². The maximum absolute atomic E-state index is 9.23. The fraction of sp³-hybridized carbons (Fsp3) is 0.789. The minimum Gasteiger partial charge on any atom is -0.396 e. The average molecular weight is 494 g/mol. The number of nitrogens with one attached hydrogen (secondary N) is 1. The highest BCUT2D eigenvalue weighted by Gasteiger charge is 2.17. The Kier molecular flexibility index (Phi) is 11.7. The second kappa shape index (κ2) is 12.9. The third kappa shape index (κ3) is 7.31. The number of thiazole rings is 1. The van der Waals surface area contributed by atoms with Gasteiger partial charge in [-0.2, -0.15) is 0 Å². The monoisotopic (exact) mass is 494 g/mol. The molecule has 0 bridgehead atoms. The number of aliphatic hydroxyl groups excluding tert-OH is 1. The third-order valence-corrected chi connectivity index (χ3v) is 5.83. The number of aryl methyl sites for hydroxylation is 2. The molecule has 0 fully saturated rings. The molecular formula is C19H35IN4OS. The Morgan fingerprint density at radius 3 is 2.73 bits per heavy atom. The number of nitrogens with zero attached hydrogens (tertiary/aromatic N) is 3. The highest BCUT2D eigenvalue weighted by atomic mass is 127. The van der Waals surface area contributed by atoms with Crippen molar-refractivity contribution in [2.45, 2.75) is 65.3 Å². The second-order valence-electron chi connectivity index (χ2n) is 6.90. The molecule has 150 valence electrons. The average Bonchev–Trinajstić information content (AvgIpc) is 3.00. The Hall–Kier alpha value is -0.410. The van der Waals surface area contributed by atoms with Crippen molar-refractivity contribution in [1.29, 1.82) is 0 Å². The molecule has 1 aromatic heterocycles. The van der Waals surface area contributed by atoms with Crippen molar-refractivity contribution >= 4 is 41.3 Å². The van der Waals surface area contributed by atoms with Crippen LogP contribution in [0.1, 0.15) is 61.5 Å². The fourth-order valence-electron chi connectivity index (χ4n) is 3.35. The standard InChI is InChI=1S/C19H34N4OS.HI/c1-4-8-15(11-12-24)13-21-19(20-5-2)23(3)14-18-22-16-9-6-7-10-17(16)25-18;/h15,24H,4-14H2,1-3H3,(H,20,21);1H. The maximum Gasteiger partial charge on any atom is 0.194 e. The first-order chi connectivity index (χ1) is 12.2. The molecule has 1 unspecified atom stereocenters. The molecule has 1 heterocycles. The summed E-state index contributed by atoms with van der Waals surface area (Å²) in [6.45, 7) is 6.98. The van der Waals surface area contributed by atoms with E-state index in [2.05, 4.69) is 31.1 Å². The van der Waals surface area contributed by atoms with E-state index in [0.717, 1.165) is 51.3 Å². The van der Waals surface area contributed by atoms with Gasteiger partial charge in [-0.15, -0.1) is 35.3 Å².